The number of nitrogens with zero attached hydrogens (tertiary/aromatic N) is 4. The maximum absolute atomic E-state index is 13.5. The van der Waals surface area contributed by atoms with Crippen LogP contribution in [0.25, 0.3) is 11.0 Å². The second-order valence-electron chi connectivity index (χ2n) is 16.0. The van der Waals surface area contributed by atoms with Crippen molar-refractivity contribution in [2.75, 3.05) is 18.4 Å². The van der Waals surface area contributed by atoms with Crippen molar-refractivity contribution < 1.29 is 14.0 Å². The van der Waals surface area contributed by atoms with Crippen LogP contribution in [0.2, 0.25) is 18.1 Å². The van der Waals surface area contributed by atoms with E-state index in [9.17, 15) is 4.79 Å². The van der Waals surface area contributed by atoms with E-state index in [-0.39, 0.29) is 23.3 Å². The molecule has 3 aromatic carbocycles. The molecule has 5 aromatic rings. The molecular formula is C41H50IN5O3Si. The van der Waals surface area contributed by atoms with Crippen LogP contribution in [0.1, 0.15) is 64.7 Å². The van der Waals surface area contributed by atoms with E-state index >= 15 is 0 Å². The van der Waals surface area contributed by atoms with Crippen LogP contribution in [0.15, 0.2) is 104 Å². The van der Waals surface area contributed by atoms with Gasteiger partial charge in [-0.2, -0.15) is 0 Å². The van der Waals surface area contributed by atoms with Crippen LogP contribution < -0.4 is 5.32 Å². The molecule has 0 saturated carbocycles. The lowest BCUT2D eigenvalue weighted by molar-refractivity contribution is 0.00391. The Bertz CT molecular complexity index is 1860. The van der Waals surface area contributed by atoms with Crippen LogP contribution in [-0.2, 0) is 14.7 Å². The van der Waals surface area contributed by atoms with Crippen molar-refractivity contribution in [3.8, 4) is 0 Å². The number of hydrogen-bond donors (Lipinski definition) is 1. The highest BCUT2D eigenvalue weighted by Gasteiger charge is 2.43. The topological polar surface area (TPSA) is 81.5 Å². The number of halogens is 1. The molecule has 1 fully saturated rings. The average Bonchev–Trinajstić information content (AvgIpc) is 3.42. The molecule has 0 unspecified atom stereocenters. The quantitative estimate of drug-likeness (QED) is 0.0955. The Morgan fingerprint density at radius 1 is 0.824 bits per heavy atom. The summed E-state index contributed by atoms with van der Waals surface area (Å²) in [5.41, 5.74) is 2.84. The van der Waals surface area contributed by atoms with Crippen LogP contribution in [0, 0.1) is 3.57 Å². The van der Waals surface area contributed by atoms with E-state index in [1.807, 2.05) is 20.8 Å². The van der Waals surface area contributed by atoms with Gasteiger partial charge in [0.15, 0.2) is 8.32 Å². The van der Waals surface area contributed by atoms with Gasteiger partial charge in [-0.05, 0) is 84.6 Å². The third kappa shape index (κ3) is 7.59. The Labute approximate surface area is 317 Å². The van der Waals surface area contributed by atoms with Crippen molar-refractivity contribution in [2.45, 2.75) is 89.4 Å². The van der Waals surface area contributed by atoms with Gasteiger partial charge in [0.05, 0.1) is 11.5 Å². The molecule has 51 heavy (non-hydrogen) atoms. The van der Waals surface area contributed by atoms with Gasteiger partial charge in [0.25, 0.3) is 0 Å². The highest BCUT2D eigenvalue weighted by atomic mass is 127. The SMILES string of the molecule is CC(C)(C)OC(=O)N1C[C@H](Nc2ncnc3c2c(I)cn3C(c2ccccc2)(c2ccccc2)c2ccccc2)C[C@H](O[Si](C)(C)C(C)(C)C)C1. The Balaban J connectivity index is 1.46. The van der Waals surface area contributed by atoms with Crippen LogP contribution in [0.5, 0.6) is 0 Å². The summed E-state index contributed by atoms with van der Waals surface area (Å²) >= 11 is 2.41. The van der Waals surface area contributed by atoms with E-state index in [4.69, 9.17) is 19.1 Å². The minimum atomic E-state index is -2.13. The first-order valence-corrected chi connectivity index (χ1v) is 21.7. The minimum absolute atomic E-state index is 0.0325. The minimum Gasteiger partial charge on any atom is -0.444 e. The summed E-state index contributed by atoms with van der Waals surface area (Å²) in [4.78, 5) is 25.1. The van der Waals surface area contributed by atoms with Crippen molar-refractivity contribution in [1.82, 2.24) is 19.4 Å². The second-order valence-corrected chi connectivity index (χ2v) is 22.0. The summed E-state index contributed by atoms with van der Waals surface area (Å²) in [5.74, 6) is 0.730. The van der Waals surface area contributed by atoms with Crippen LogP contribution in [0.3, 0.4) is 0 Å². The van der Waals surface area contributed by atoms with Crippen molar-refractivity contribution >= 4 is 53.9 Å². The first kappa shape index (κ1) is 37.0. The van der Waals surface area contributed by atoms with Gasteiger partial charge >= 0.3 is 6.09 Å². The fourth-order valence-corrected chi connectivity index (χ4v) is 8.98. The van der Waals surface area contributed by atoms with Gasteiger partial charge in [-0.1, -0.05) is 112 Å². The summed E-state index contributed by atoms with van der Waals surface area (Å²) < 4.78 is 16.1. The number of carbonyl (C=O) groups is 1. The Morgan fingerprint density at radius 2 is 1.35 bits per heavy atom. The molecule has 1 aliphatic rings. The molecule has 2 aromatic heterocycles. The lowest BCUT2D eigenvalue weighted by Gasteiger charge is -2.44. The number of anilines is 1. The third-order valence-electron chi connectivity index (χ3n) is 10.1. The number of fused-ring (bicyclic) bond motifs is 1. The number of ether oxygens (including phenoxy) is 1. The number of rotatable bonds is 8. The largest absolute Gasteiger partial charge is 0.444 e. The summed E-state index contributed by atoms with van der Waals surface area (Å²) in [5, 5.41) is 4.73. The molecule has 6 rings (SSSR count). The van der Waals surface area contributed by atoms with Crippen LogP contribution in [-0.4, -0.2) is 64.7 Å². The molecule has 8 nitrogen and oxygen atoms in total. The van der Waals surface area contributed by atoms with Gasteiger partial charge in [-0.3, -0.25) is 0 Å². The van der Waals surface area contributed by atoms with E-state index in [0.29, 0.717) is 13.1 Å². The third-order valence-corrected chi connectivity index (χ3v) is 15.5. The van der Waals surface area contributed by atoms with Gasteiger partial charge in [-0.15, -0.1) is 0 Å². The highest BCUT2D eigenvalue weighted by Crippen LogP contribution is 2.44. The maximum Gasteiger partial charge on any atom is 0.410 e. The number of carbonyl (C=O) groups excluding carboxylic acids is 1. The summed E-state index contributed by atoms with van der Waals surface area (Å²) in [6.45, 7) is 17.9. The van der Waals surface area contributed by atoms with Gasteiger partial charge < -0.3 is 23.9 Å². The number of aromatic nitrogens is 3. The van der Waals surface area contributed by atoms with Crippen molar-refractivity contribution in [1.29, 1.82) is 0 Å². The number of amides is 1. The van der Waals surface area contributed by atoms with Crippen LogP contribution in [0.4, 0.5) is 10.6 Å². The summed E-state index contributed by atoms with van der Waals surface area (Å²) in [7, 11) is -2.13. The van der Waals surface area contributed by atoms with E-state index in [0.717, 1.165) is 43.5 Å². The average molecular weight is 816 g/mol. The van der Waals surface area contributed by atoms with E-state index in [1.165, 1.54) is 0 Å². The predicted octanol–water partition coefficient (Wildman–Crippen LogP) is 9.69. The van der Waals surface area contributed by atoms with Gasteiger partial charge in [0, 0.05) is 28.9 Å². The Kier molecular flexibility index (Phi) is 10.4. The zero-order chi connectivity index (χ0) is 36.6. The zero-order valence-corrected chi connectivity index (χ0v) is 34.1. The van der Waals surface area contributed by atoms with Crippen molar-refractivity contribution in [3.63, 3.8) is 0 Å². The Morgan fingerprint density at radius 3 is 1.84 bits per heavy atom. The number of nitrogens with one attached hydrogen (secondary N) is 1. The molecule has 1 aliphatic heterocycles. The van der Waals surface area contributed by atoms with Crippen molar-refractivity contribution in [2.24, 2.45) is 0 Å². The van der Waals surface area contributed by atoms with E-state index in [2.05, 4.69) is 164 Å². The molecular weight excluding hydrogens is 765 g/mol. The molecule has 0 spiro atoms. The first-order chi connectivity index (χ1) is 24.1. The summed E-state index contributed by atoms with van der Waals surface area (Å²) in [6.07, 6.45) is 4.09. The molecule has 3 heterocycles. The van der Waals surface area contributed by atoms with Crippen LogP contribution >= 0.6 is 22.6 Å². The number of piperidine rings is 1. The lowest BCUT2D eigenvalue weighted by atomic mass is 9.76. The summed E-state index contributed by atoms with van der Waals surface area (Å²) in [6, 6.07) is 31.7. The number of hydrogen-bond acceptors (Lipinski definition) is 6. The molecule has 1 saturated heterocycles. The smallest absolute Gasteiger partial charge is 0.410 e. The van der Waals surface area contributed by atoms with Gasteiger partial charge in [0.1, 0.15) is 28.9 Å². The lowest BCUT2D eigenvalue weighted by Crippen LogP contribution is -2.56. The molecule has 0 aliphatic carbocycles. The van der Waals surface area contributed by atoms with Crippen molar-refractivity contribution in [3.05, 3.63) is 124 Å². The predicted molar refractivity (Wildman–Crippen MR) is 217 cm³/mol. The first-order valence-electron chi connectivity index (χ1n) is 17.7. The van der Waals surface area contributed by atoms with E-state index in [1.54, 1.807) is 11.2 Å². The maximum atomic E-state index is 13.5. The molecule has 10 heteroatoms. The molecule has 2 atom stereocenters. The highest BCUT2D eigenvalue weighted by molar-refractivity contribution is 14.1. The zero-order valence-electron chi connectivity index (χ0n) is 31.0. The molecule has 0 radical (unpaired) electrons. The standard InChI is InChI=1S/C41H50IN5O3Si/c1-39(2,3)49-38(48)46-25-32(24-33(26-46)50-51(7,8)40(4,5)6)45-36-35-34(42)27-47(37(35)44-28-43-36)41(29-18-12-9-13-19-29,30-20-14-10-15-21-30)31-22-16-11-17-23-31/h9-23,27-28,32-33H,24-26H2,1-8H3,(H,43,44,45)/t32-,33+/m1/s1. The second kappa shape index (κ2) is 14.3. The fraction of sp³-hybridized carbons (Fsp3) is 0.390. The van der Waals surface area contributed by atoms with Gasteiger partial charge in [-0.25, -0.2) is 14.8 Å². The monoisotopic (exact) mass is 815 g/mol. The number of benzene rings is 3. The fourth-order valence-electron chi connectivity index (χ4n) is 6.84. The van der Waals surface area contributed by atoms with E-state index < -0.39 is 19.5 Å². The molecule has 268 valence electrons. The molecule has 0 bridgehead atoms. The Hall–Kier alpha value is -3.74. The molecule has 1 amide bonds. The van der Waals surface area contributed by atoms with Gasteiger partial charge in [0.2, 0.25) is 0 Å². The molecule has 1 N–H and O–H groups in total. The number of likely N-dealkylation sites (tertiary alicyclic amines) is 1. The normalized spacial score (nSPS) is 17.4.